The Morgan fingerprint density at radius 1 is 0.882 bits per heavy atom. The molecule has 3 aromatic rings. The molecule has 1 N–H and O–H groups in total. The van der Waals surface area contributed by atoms with Crippen LogP contribution < -0.4 is 29.1 Å². The van der Waals surface area contributed by atoms with Crippen molar-refractivity contribution in [3.8, 4) is 28.7 Å². The van der Waals surface area contributed by atoms with E-state index in [1.54, 1.807) is 31.4 Å². The molecular weight excluding hydrogens is 443 g/mol. The fraction of sp³-hybridized carbons (Fsp3) is 0.200. The van der Waals surface area contributed by atoms with Crippen LogP contribution in [0.3, 0.4) is 0 Å². The van der Waals surface area contributed by atoms with Crippen LogP contribution in [0.25, 0.3) is 0 Å². The molecule has 1 amide bonds. The summed E-state index contributed by atoms with van der Waals surface area (Å²) >= 11 is 0. The van der Waals surface area contributed by atoms with E-state index in [-0.39, 0.29) is 18.0 Å². The SMILES string of the molecule is COc1ccc(/C=N\NC(=O)c2cc(OC)c(OC)c(OC)c2)cc1COc1ccc(F)cc1. The normalized spacial score (nSPS) is 10.6. The van der Waals surface area contributed by atoms with Crippen molar-refractivity contribution in [3.63, 3.8) is 0 Å². The number of nitrogens with one attached hydrogen (secondary N) is 1. The number of carbonyl (C=O) groups is 1. The Kier molecular flexibility index (Phi) is 8.28. The Hall–Kier alpha value is -4.27. The molecule has 0 aromatic heterocycles. The summed E-state index contributed by atoms with van der Waals surface area (Å²) in [6.45, 7) is 0.203. The molecule has 8 nitrogen and oxygen atoms in total. The number of nitrogens with zero attached hydrogens (tertiary/aromatic N) is 1. The molecule has 0 aliphatic heterocycles. The second-order valence-electron chi connectivity index (χ2n) is 6.93. The van der Waals surface area contributed by atoms with Crippen molar-refractivity contribution in [2.45, 2.75) is 6.61 Å². The van der Waals surface area contributed by atoms with E-state index >= 15 is 0 Å². The predicted molar refractivity (Wildman–Crippen MR) is 125 cm³/mol. The van der Waals surface area contributed by atoms with Gasteiger partial charge in [0.1, 0.15) is 23.9 Å². The number of benzene rings is 3. The maximum absolute atomic E-state index is 13.1. The van der Waals surface area contributed by atoms with Crippen LogP contribution in [-0.2, 0) is 6.61 Å². The first-order valence-electron chi connectivity index (χ1n) is 10.2. The van der Waals surface area contributed by atoms with Gasteiger partial charge in [0.25, 0.3) is 5.91 Å². The summed E-state index contributed by atoms with van der Waals surface area (Å²) in [7, 11) is 5.98. The Bertz CT molecular complexity index is 1140. The molecule has 0 aliphatic rings. The van der Waals surface area contributed by atoms with Gasteiger partial charge < -0.3 is 23.7 Å². The molecular formula is C25H25FN2O6. The highest BCUT2D eigenvalue weighted by Crippen LogP contribution is 2.38. The van der Waals surface area contributed by atoms with Crippen LogP contribution in [-0.4, -0.2) is 40.6 Å². The number of ether oxygens (including phenoxy) is 5. The minimum absolute atomic E-state index is 0.203. The molecule has 9 heteroatoms. The van der Waals surface area contributed by atoms with E-state index in [0.717, 1.165) is 5.56 Å². The zero-order valence-corrected chi connectivity index (χ0v) is 19.3. The minimum Gasteiger partial charge on any atom is -0.496 e. The molecule has 0 aliphatic carbocycles. The Balaban J connectivity index is 1.71. The van der Waals surface area contributed by atoms with Gasteiger partial charge in [-0.15, -0.1) is 0 Å². The van der Waals surface area contributed by atoms with E-state index in [1.807, 2.05) is 6.07 Å². The van der Waals surface area contributed by atoms with E-state index in [1.165, 1.54) is 51.8 Å². The molecule has 3 rings (SSSR count). The highest BCUT2D eigenvalue weighted by molar-refractivity contribution is 5.96. The third-order valence-electron chi connectivity index (χ3n) is 4.82. The van der Waals surface area contributed by atoms with Gasteiger partial charge >= 0.3 is 0 Å². The lowest BCUT2D eigenvalue weighted by Gasteiger charge is -2.13. The molecule has 0 fully saturated rings. The summed E-state index contributed by atoms with van der Waals surface area (Å²) in [6.07, 6.45) is 1.50. The highest BCUT2D eigenvalue weighted by atomic mass is 19.1. The lowest BCUT2D eigenvalue weighted by molar-refractivity contribution is 0.0954. The van der Waals surface area contributed by atoms with Gasteiger partial charge in [0.2, 0.25) is 5.75 Å². The van der Waals surface area contributed by atoms with E-state index in [4.69, 9.17) is 23.7 Å². The van der Waals surface area contributed by atoms with Gasteiger partial charge in [-0.2, -0.15) is 5.10 Å². The van der Waals surface area contributed by atoms with Crippen molar-refractivity contribution < 1.29 is 32.9 Å². The predicted octanol–water partition coefficient (Wildman–Crippen LogP) is 4.20. The van der Waals surface area contributed by atoms with E-state index in [0.29, 0.717) is 34.3 Å². The molecule has 0 spiro atoms. The van der Waals surface area contributed by atoms with Crippen molar-refractivity contribution in [2.75, 3.05) is 28.4 Å². The highest BCUT2D eigenvalue weighted by Gasteiger charge is 2.16. The fourth-order valence-corrected chi connectivity index (χ4v) is 3.13. The molecule has 34 heavy (non-hydrogen) atoms. The first-order chi connectivity index (χ1) is 16.5. The van der Waals surface area contributed by atoms with Crippen LogP contribution in [0.1, 0.15) is 21.5 Å². The van der Waals surface area contributed by atoms with Gasteiger partial charge in [0, 0.05) is 11.1 Å². The Morgan fingerprint density at radius 2 is 1.53 bits per heavy atom. The largest absolute Gasteiger partial charge is 0.496 e. The topological polar surface area (TPSA) is 87.6 Å². The first-order valence-corrected chi connectivity index (χ1v) is 10.2. The van der Waals surface area contributed by atoms with Gasteiger partial charge in [0.05, 0.1) is 34.7 Å². The minimum atomic E-state index is -0.455. The van der Waals surface area contributed by atoms with E-state index < -0.39 is 5.91 Å². The summed E-state index contributed by atoms with van der Waals surface area (Å²) in [6, 6.07) is 14.2. The monoisotopic (exact) mass is 468 g/mol. The average molecular weight is 468 g/mol. The third-order valence-corrected chi connectivity index (χ3v) is 4.82. The van der Waals surface area contributed by atoms with E-state index in [2.05, 4.69) is 10.5 Å². The number of hydrogen-bond acceptors (Lipinski definition) is 7. The van der Waals surface area contributed by atoms with Crippen LogP contribution in [0, 0.1) is 5.82 Å². The van der Waals surface area contributed by atoms with Crippen molar-refractivity contribution in [1.29, 1.82) is 0 Å². The third kappa shape index (κ3) is 5.94. The van der Waals surface area contributed by atoms with E-state index in [9.17, 15) is 9.18 Å². The molecule has 0 saturated carbocycles. The second-order valence-corrected chi connectivity index (χ2v) is 6.93. The van der Waals surface area contributed by atoms with Crippen LogP contribution in [0.2, 0.25) is 0 Å². The molecule has 0 saturated heterocycles. The Labute approximate surface area is 196 Å². The lowest BCUT2D eigenvalue weighted by Crippen LogP contribution is -2.18. The standard InChI is InChI=1S/C25H25FN2O6/c1-30-21-10-5-16(11-18(21)15-34-20-8-6-19(26)7-9-20)14-27-28-25(29)17-12-22(31-2)24(33-4)23(13-17)32-3/h5-14H,15H2,1-4H3,(H,28,29)/b27-14-. The van der Waals surface area contributed by atoms with Crippen molar-refractivity contribution >= 4 is 12.1 Å². The maximum atomic E-state index is 13.1. The summed E-state index contributed by atoms with van der Waals surface area (Å²) < 4.78 is 40.0. The lowest BCUT2D eigenvalue weighted by atomic mass is 10.1. The van der Waals surface area contributed by atoms with Gasteiger partial charge in [-0.3, -0.25) is 4.79 Å². The zero-order chi connectivity index (χ0) is 24.5. The van der Waals surface area contributed by atoms with Gasteiger partial charge in [-0.05, 0) is 60.2 Å². The van der Waals surface area contributed by atoms with Gasteiger partial charge in [-0.25, -0.2) is 9.82 Å². The molecule has 0 bridgehead atoms. The van der Waals surface area contributed by atoms with Crippen LogP contribution in [0.5, 0.6) is 28.7 Å². The van der Waals surface area contributed by atoms with Crippen LogP contribution in [0.4, 0.5) is 4.39 Å². The smallest absolute Gasteiger partial charge is 0.271 e. The summed E-state index contributed by atoms with van der Waals surface area (Å²) in [5.74, 6) is 1.47. The molecule has 0 heterocycles. The second kappa shape index (κ2) is 11.6. The maximum Gasteiger partial charge on any atom is 0.271 e. The number of rotatable bonds is 10. The number of carbonyl (C=O) groups excluding carboxylic acids is 1. The number of methoxy groups -OCH3 is 4. The number of hydrogen-bond donors (Lipinski definition) is 1. The van der Waals surface area contributed by atoms with Crippen LogP contribution in [0.15, 0.2) is 59.7 Å². The summed E-state index contributed by atoms with van der Waals surface area (Å²) in [5, 5.41) is 4.04. The number of amides is 1. The molecule has 0 unspecified atom stereocenters. The number of halogens is 1. The van der Waals surface area contributed by atoms with Crippen molar-refractivity contribution in [3.05, 3.63) is 77.1 Å². The molecule has 0 radical (unpaired) electrons. The number of hydrazone groups is 1. The van der Waals surface area contributed by atoms with Gasteiger partial charge in [0.15, 0.2) is 11.5 Å². The summed E-state index contributed by atoms with van der Waals surface area (Å²) in [5.41, 5.74) is 4.23. The van der Waals surface area contributed by atoms with Gasteiger partial charge in [-0.1, -0.05) is 0 Å². The van der Waals surface area contributed by atoms with Crippen LogP contribution >= 0.6 is 0 Å². The molecule has 3 aromatic carbocycles. The van der Waals surface area contributed by atoms with Crippen molar-refractivity contribution in [1.82, 2.24) is 5.43 Å². The quantitative estimate of drug-likeness (QED) is 0.354. The molecule has 0 atom stereocenters. The summed E-state index contributed by atoms with van der Waals surface area (Å²) in [4.78, 5) is 12.6. The average Bonchev–Trinajstić information content (AvgIpc) is 2.87. The van der Waals surface area contributed by atoms with Crippen molar-refractivity contribution in [2.24, 2.45) is 5.10 Å². The Morgan fingerprint density at radius 3 is 2.12 bits per heavy atom. The zero-order valence-electron chi connectivity index (χ0n) is 19.3. The fourth-order valence-electron chi connectivity index (χ4n) is 3.13. The first kappa shape index (κ1) is 24.4. The molecule has 178 valence electrons.